The molecule has 0 bridgehead atoms. The molecule has 144 valence electrons. The van der Waals surface area contributed by atoms with Crippen LogP contribution in [-0.4, -0.2) is 24.5 Å². The number of ether oxygens (including phenoxy) is 2. The highest BCUT2D eigenvalue weighted by Gasteiger charge is 2.19. The van der Waals surface area contributed by atoms with Crippen LogP contribution in [0.25, 0.3) is 0 Å². The molecule has 2 aromatic rings. The Morgan fingerprint density at radius 2 is 1.81 bits per heavy atom. The third-order valence-electron chi connectivity index (χ3n) is 3.85. The van der Waals surface area contributed by atoms with Crippen molar-refractivity contribution in [2.45, 2.75) is 33.3 Å². The summed E-state index contributed by atoms with van der Waals surface area (Å²) in [6, 6.07) is 12.5. The van der Waals surface area contributed by atoms with E-state index < -0.39 is 17.9 Å². The lowest BCUT2D eigenvalue weighted by Crippen LogP contribution is -2.49. The number of benzene rings is 2. The molecule has 6 nitrogen and oxygen atoms in total. The van der Waals surface area contributed by atoms with Gasteiger partial charge in [0.1, 0.15) is 11.5 Å². The number of nitrogens with one attached hydrogen (secondary N) is 2. The van der Waals surface area contributed by atoms with Crippen LogP contribution in [0, 0.1) is 13.8 Å². The Labute approximate surface area is 163 Å². The summed E-state index contributed by atoms with van der Waals surface area (Å²) in [6.45, 7) is 5.33. The number of hydrogen-bond donors (Lipinski definition) is 2. The molecule has 2 rings (SSSR count). The summed E-state index contributed by atoms with van der Waals surface area (Å²) in [5.74, 6) is 0.234. The normalized spacial score (nSPS) is 11.4. The molecule has 0 aliphatic rings. The highest BCUT2D eigenvalue weighted by molar-refractivity contribution is 6.31. The second-order valence-electron chi connectivity index (χ2n) is 6.02. The molecule has 0 heterocycles. The summed E-state index contributed by atoms with van der Waals surface area (Å²) in [6.07, 6.45) is -0.262. The van der Waals surface area contributed by atoms with Crippen molar-refractivity contribution in [3.63, 3.8) is 0 Å². The van der Waals surface area contributed by atoms with E-state index in [9.17, 15) is 9.59 Å². The molecule has 7 heteroatoms. The van der Waals surface area contributed by atoms with E-state index in [0.29, 0.717) is 22.9 Å². The zero-order valence-electron chi connectivity index (χ0n) is 15.5. The summed E-state index contributed by atoms with van der Waals surface area (Å²) < 4.78 is 11.1. The van der Waals surface area contributed by atoms with Crippen LogP contribution in [-0.2, 0) is 9.59 Å². The molecule has 0 fully saturated rings. The predicted molar refractivity (Wildman–Crippen MR) is 104 cm³/mol. The summed E-state index contributed by atoms with van der Waals surface area (Å²) in [5.41, 5.74) is 6.47. The number of aryl methyl sites for hydroxylation is 2. The van der Waals surface area contributed by atoms with Gasteiger partial charge in [0.2, 0.25) is 0 Å². The second-order valence-corrected chi connectivity index (χ2v) is 6.42. The number of hydrazine groups is 1. The first-order valence-electron chi connectivity index (χ1n) is 8.60. The summed E-state index contributed by atoms with van der Waals surface area (Å²) in [7, 11) is 0. The quantitative estimate of drug-likeness (QED) is 0.711. The number of amides is 2. The molecule has 0 aliphatic heterocycles. The van der Waals surface area contributed by atoms with E-state index in [-0.39, 0.29) is 6.61 Å². The minimum atomic E-state index is -0.716. The molecule has 27 heavy (non-hydrogen) atoms. The average molecular weight is 391 g/mol. The smallest absolute Gasteiger partial charge is 0.279 e. The maximum absolute atomic E-state index is 12.2. The van der Waals surface area contributed by atoms with Gasteiger partial charge in [0.25, 0.3) is 11.8 Å². The van der Waals surface area contributed by atoms with Crippen LogP contribution in [0.1, 0.15) is 24.5 Å². The third kappa shape index (κ3) is 6.18. The van der Waals surface area contributed by atoms with Crippen LogP contribution in [0.4, 0.5) is 0 Å². The van der Waals surface area contributed by atoms with Crippen molar-refractivity contribution in [2.24, 2.45) is 0 Å². The molecular formula is C20H23ClN2O4. The van der Waals surface area contributed by atoms with E-state index in [1.807, 2.05) is 39.0 Å². The third-order valence-corrected chi connectivity index (χ3v) is 4.27. The lowest BCUT2D eigenvalue weighted by atomic mass is 10.2. The van der Waals surface area contributed by atoms with Gasteiger partial charge >= 0.3 is 0 Å². The van der Waals surface area contributed by atoms with Crippen LogP contribution >= 0.6 is 11.6 Å². The van der Waals surface area contributed by atoms with Gasteiger partial charge in [0, 0.05) is 5.02 Å². The van der Waals surface area contributed by atoms with Crippen molar-refractivity contribution < 1.29 is 19.1 Å². The first-order valence-corrected chi connectivity index (χ1v) is 8.98. The molecule has 1 unspecified atom stereocenters. The molecule has 0 aliphatic carbocycles. The number of hydrogen-bond acceptors (Lipinski definition) is 4. The highest BCUT2D eigenvalue weighted by atomic mass is 35.5. The minimum Gasteiger partial charge on any atom is -0.484 e. The van der Waals surface area contributed by atoms with E-state index >= 15 is 0 Å². The van der Waals surface area contributed by atoms with Crippen molar-refractivity contribution in [1.29, 1.82) is 0 Å². The van der Waals surface area contributed by atoms with Crippen molar-refractivity contribution in [3.05, 3.63) is 58.6 Å². The largest absolute Gasteiger partial charge is 0.484 e. The minimum absolute atomic E-state index is 0.239. The topological polar surface area (TPSA) is 76.7 Å². The van der Waals surface area contributed by atoms with Gasteiger partial charge in [-0.3, -0.25) is 20.4 Å². The average Bonchev–Trinajstić information content (AvgIpc) is 2.66. The highest BCUT2D eigenvalue weighted by Crippen LogP contribution is 2.21. The zero-order chi connectivity index (χ0) is 19.8. The van der Waals surface area contributed by atoms with Gasteiger partial charge in [0.15, 0.2) is 12.7 Å². The van der Waals surface area contributed by atoms with Crippen LogP contribution in [0.2, 0.25) is 5.02 Å². The number of halogens is 1. The molecular weight excluding hydrogens is 368 g/mol. The first-order chi connectivity index (χ1) is 12.9. The van der Waals surface area contributed by atoms with Gasteiger partial charge < -0.3 is 9.47 Å². The molecule has 0 saturated carbocycles. The summed E-state index contributed by atoms with van der Waals surface area (Å²) in [5, 5.41) is 0.623. The van der Waals surface area contributed by atoms with Gasteiger partial charge in [-0.05, 0) is 55.7 Å². The van der Waals surface area contributed by atoms with Crippen molar-refractivity contribution in [2.75, 3.05) is 6.61 Å². The van der Waals surface area contributed by atoms with Crippen molar-refractivity contribution >= 4 is 23.4 Å². The Morgan fingerprint density at radius 3 is 2.48 bits per heavy atom. The fraction of sp³-hybridized carbons (Fsp3) is 0.300. The SMILES string of the molecule is CCC(Oc1ccccc1C)C(=O)NNC(=O)COc1ccc(Cl)c(C)c1. The van der Waals surface area contributed by atoms with Gasteiger partial charge in [-0.2, -0.15) is 0 Å². The zero-order valence-corrected chi connectivity index (χ0v) is 16.3. The molecule has 2 amide bonds. The van der Waals surface area contributed by atoms with E-state index in [4.69, 9.17) is 21.1 Å². The van der Waals surface area contributed by atoms with Crippen LogP contribution in [0.5, 0.6) is 11.5 Å². The number of carbonyl (C=O) groups excluding carboxylic acids is 2. The molecule has 0 saturated heterocycles. The summed E-state index contributed by atoms with van der Waals surface area (Å²) in [4.78, 5) is 24.1. The molecule has 2 aromatic carbocycles. The maximum Gasteiger partial charge on any atom is 0.279 e. The molecule has 0 aromatic heterocycles. The molecule has 2 N–H and O–H groups in total. The van der Waals surface area contributed by atoms with Crippen molar-refractivity contribution in [3.8, 4) is 11.5 Å². The Bertz CT molecular complexity index is 810. The number of rotatable bonds is 7. The second kappa shape index (κ2) is 9.83. The Balaban J connectivity index is 1.81. The van der Waals surface area contributed by atoms with Gasteiger partial charge in [0.05, 0.1) is 0 Å². The standard InChI is InChI=1S/C20H23ClN2O4/c1-4-17(27-18-8-6-5-7-13(18)2)20(25)23-22-19(24)12-26-15-9-10-16(21)14(3)11-15/h5-11,17H,4,12H2,1-3H3,(H,22,24)(H,23,25). The number of carbonyl (C=O) groups is 2. The molecule has 1 atom stereocenters. The fourth-order valence-electron chi connectivity index (χ4n) is 2.27. The first kappa shape index (κ1) is 20.6. The van der Waals surface area contributed by atoms with E-state index in [0.717, 1.165) is 11.1 Å². The van der Waals surface area contributed by atoms with Gasteiger partial charge in [-0.1, -0.05) is 36.7 Å². The van der Waals surface area contributed by atoms with E-state index in [1.54, 1.807) is 24.3 Å². The molecule has 0 spiro atoms. The van der Waals surface area contributed by atoms with Gasteiger partial charge in [-0.15, -0.1) is 0 Å². The number of para-hydroxylation sites is 1. The molecule has 0 radical (unpaired) electrons. The Hall–Kier alpha value is -2.73. The Morgan fingerprint density at radius 1 is 1.07 bits per heavy atom. The maximum atomic E-state index is 12.2. The van der Waals surface area contributed by atoms with E-state index in [1.165, 1.54) is 0 Å². The summed E-state index contributed by atoms with van der Waals surface area (Å²) >= 11 is 5.94. The van der Waals surface area contributed by atoms with Crippen LogP contribution in [0.3, 0.4) is 0 Å². The monoisotopic (exact) mass is 390 g/mol. The fourth-order valence-corrected chi connectivity index (χ4v) is 2.39. The van der Waals surface area contributed by atoms with Crippen LogP contribution < -0.4 is 20.3 Å². The van der Waals surface area contributed by atoms with E-state index in [2.05, 4.69) is 10.9 Å². The van der Waals surface area contributed by atoms with Crippen LogP contribution in [0.15, 0.2) is 42.5 Å². The lowest BCUT2D eigenvalue weighted by Gasteiger charge is -2.18. The predicted octanol–water partition coefficient (Wildman–Crippen LogP) is 3.34. The van der Waals surface area contributed by atoms with Gasteiger partial charge in [-0.25, -0.2) is 0 Å². The Kier molecular flexibility index (Phi) is 7.49. The van der Waals surface area contributed by atoms with Crippen molar-refractivity contribution in [1.82, 2.24) is 10.9 Å². The lowest BCUT2D eigenvalue weighted by molar-refractivity contribution is -0.134.